The molecule has 155 valence electrons. The van der Waals surface area contributed by atoms with Crippen molar-refractivity contribution in [3.05, 3.63) is 35.2 Å². The van der Waals surface area contributed by atoms with Gasteiger partial charge in [0.25, 0.3) is 0 Å². The molecule has 9 heteroatoms. The van der Waals surface area contributed by atoms with Crippen LogP contribution in [-0.2, 0) is 53.1 Å². The van der Waals surface area contributed by atoms with Crippen molar-refractivity contribution in [2.75, 3.05) is 19.9 Å². The van der Waals surface area contributed by atoms with Gasteiger partial charge in [-0.1, -0.05) is 33.3 Å². The van der Waals surface area contributed by atoms with Gasteiger partial charge in [-0.15, -0.1) is 5.56 Å². The summed E-state index contributed by atoms with van der Waals surface area (Å²) in [6.07, 6.45) is 1.18. The van der Waals surface area contributed by atoms with Gasteiger partial charge in [0.1, 0.15) is 5.60 Å². The van der Waals surface area contributed by atoms with Crippen LogP contribution >= 0.6 is 0 Å². The molecule has 28 heavy (non-hydrogen) atoms. The molecule has 0 aromatic heterocycles. The molecule has 0 saturated carbocycles. The molecule has 0 bridgehead atoms. The number of rotatable bonds is 3. The fourth-order valence-electron chi connectivity index (χ4n) is 3.38. The molecule has 3 radical (unpaired) electrons. The zero-order valence-corrected chi connectivity index (χ0v) is 21.7. The van der Waals surface area contributed by atoms with Crippen LogP contribution in [0.5, 0.6) is 5.75 Å². The first-order valence-corrected chi connectivity index (χ1v) is 10.5. The second kappa shape index (κ2) is 9.88. The predicted octanol–water partition coefficient (Wildman–Crippen LogP) is 2.74. The molecular weight excluding hydrogens is 454 g/mol. The third-order valence-electron chi connectivity index (χ3n) is 5.46. The minimum absolute atomic E-state index is 0. The molecule has 0 spiro atoms. The molecule has 0 fully saturated rings. The van der Waals surface area contributed by atoms with Gasteiger partial charge in [0.2, 0.25) is 10.0 Å². The summed E-state index contributed by atoms with van der Waals surface area (Å²) in [7, 11) is 4.83. The van der Waals surface area contributed by atoms with E-state index in [4.69, 9.17) is 17.8 Å². The van der Waals surface area contributed by atoms with Crippen molar-refractivity contribution in [1.82, 2.24) is 4.31 Å². The van der Waals surface area contributed by atoms with Gasteiger partial charge < -0.3 is 11.7 Å². The SMILES string of the molecule is [B]C1(N(C)S(C)(=O)=O)c2c(C)[c-]c(C)c(C)c2OC(C)(C)C1C.[CH2-]COO.[Y]. The molecular formula is C19H30BNO5SY-2. The van der Waals surface area contributed by atoms with Crippen LogP contribution < -0.4 is 4.74 Å². The fraction of sp³-hybridized carbons (Fsp3) is 0.632. The van der Waals surface area contributed by atoms with Gasteiger partial charge in [0, 0.05) is 51.4 Å². The number of aryl methyl sites for hydroxylation is 2. The molecule has 2 rings (SSSR count). The van der Waals surface area contributed by atoms with E-state index in [1.54, 1.807) is 0 Å². The second-order valence-corrected chi connectivity index (χ2v) is 9.53. The number of fused-ring (bicyclic) bond motifs is 1. The van der Waals surface area contributed by atoms with Crippen molar-refractivity contribution in [3.63, 3.8) is 0 Å². The van der Waals surface area contributed by atoms with Crippen molar-refractivity contribution >= 4 is 17.9 Å². The first-order valence-electron chi connectivity index (χ1n) is 8.67. The molecule has 1 aromatic carbocycles. The van der Waals surface area contributed by atoms with Crippen LogP contribution in [0.25, 0.3) is 0 Å². The van der Waals surface area contributed by atoms with Gasteiger partial charge in [0.15, 0.2) is 0 Å². The van der Waals surface area contributed by atoms with E-state index < -0.39 is 21.1 Å². The van der Waals surface area contributed by atoms with Crippen LogP contribution in [0, 0.1) is 39.7 Å². The van der Waals surface area contributed by atoms with Crippen LogP contribution in [0.3, 0.4) is 0 Å². The van der Waals surface area contributed by atoms with Crippen molar-refractivity contribution in [2.24, 2.45) is 5.92 Å². The summed E-state index contributed by atoms with van der Waals surface area (Å²) in [6.45, 7) is 14.9. The Kier molecular flexibility index (Phi) is 9.89. The van der Waals surface area contributed by atoms with Gasteiger partial charge in [-0.05, 0) is 25.9 Å². The van der Waals surface area contributed by atoms with Crippen LogP contribution in [-0.4, -0.2) is 51.3 Å². The summed E-state index contributed by atoms with van der Waals surface area (Å²) in [5, 5.41) is 7.31. The summed E-state index contributed by atoms with van der Waals surface area (Å²) < 4.78 is 32.0. The molecule has 1 aromatic rings. The molecule has 6 nitrogen and oxygen atoms in total. The Balaban J connectivity index is 0.00000133. The molecule has 0 saturated heterocycles. The van der Waals surface area contributed by atoms with Gasteiger partial charge >= 0.3 is 0 Å². The van der Waals surface area contributed by atoms with Crippen LogP contribution in [0.15, 0.2) is 0 Å². The van der Waals surface area contributed by atoms with Gasteiger partial charge in [0.05, 0.1) is 14.1 Å². The van der Waals surface area contributed by atoms with Crippen molar-refractivity contribution < 1.29 is 56.0 Å². The van der Waals surface area contributed by atoms with E-state index in [9.17, 15) is 8.42 Å². The Morgan fingerprint density at radius 3 is 2.18 bits per heavy atom. The molecule has 1 aliphatic heterocycles. The van der Waals surface area contributed by atoms with Gasteiger partial charge in [-0.2, -0.15) is 17.2 Å². The maximum Gasteiger partial charge on any atom is 0.210 e. The summed E-state index contributed by atoms with van der Waals surface area (Å²) in [5.74, 6) is 0.427. The fourth-order valence-corrected chi connectivity index (χ4v) is 4.18. The molecule has 0 aliphatic carbocycles. The molecule has 1 aliphatic rings. The Morgan fingerprint density at radius 1 is 1.32 bits per heavy atom. The smallest absolute Gasteiger partial charge is 0.210 e. The van der Waals surface area contributed by atoms with Crippen LogP contribution in [0.4, 0.5) is 0 Å². The van der Waals surface area contributed by atoms with Crippen molar-refractivity contribution in [1.29, 1.82) is 0 Å². The number of benzene rings is 1. The van der Waals surface area contributed by atoms with E-state index in [-0.39, 0.29) is 45.2 Å². The van der Waals surface area contributed by atoms with E-state index >= 15 is 0 Å². The van der Waals surface area contributed by atoms with E-state index in [1.807, 2.05) is 41.5 Å². The molecule has 2 atom stereocenters. The average molecular weight is 484 g/mol. The van der Waals surface area contributed by atoms with E-state index in [0.717, 1.165) is 16.7 Å². The number of nitrogens with zero attached hydrogens (tertiary/aromatic N) is 1. The third-order valence-corrected chi connectivity index (χ3v) is 6.76. The number of hydrogen-bond donors (Lipinski definition) is 1. The van der Waals surface area contributed by atoms with Crippen LogP contribution in [0.1, 0.15) is 43.0 Å². The average Bonchev–Trinajstić information content (AvgIpc) is 2.55. The topological polar surface area (TPSA) is 76.1 Å². The normalized spacial score (nSPS) is 23.0. The molecule has 0 amide bonds. The quantitative estimate of drug-likeness (QED) is 0.309. The van der Waals surface area contributed by atoms with Gasteiger partial charge in [-0.3, -0.25) is 10.1 Å². The zero-order chi connectivity index (χ0) is 21.4. The van der Waals surface area contributed by atoms with E-state index in [2.05, 4.69) is 17.9 Å². The summed E-state index contributed by atoms with van der Waals surface area (Å²) in [4.78, 5) is 3.43. The van der Waals surface area contributed by atoms with E-state index in [1.165, 1.54) is 17.6 Å². The second-order valence-electron chi connectivity index (χ2n) is 7.52. The summed E-state index contributed by atoms with van der Waals surface area (Å²) in [6, 6.07) is 3.29. The van der Waals surface area contributed by atoms with Crippen LogP contribution in [0.2, 0.25) is 0 Å². The predicted molar refractivity (Wildman–Crippen MR) is 107 cm³/mol. The minimum Gasteiger partial charge on any atom is -0.512 e. The van der Waals surface area contributed by atoms with E-state index in [0.29, 0.717) is 11.3 Å². The largest absolute Gasteiger partial charge is 0.512 e. The Morgan fingerprint density at radius 2 is 1.79 bits per heavy atom. The minimum atomic E-state index is -3.49. The Labute approximate surface area is 196 Å². The summed E-state index contributed by atoms with van der Waals surface area (Å²) in [5.41, 5.74) is 1.66. The van der Waals surface area contributed by atoms with Gasteiger partial charge in [-0.25, -0.2) is 12.7 Å². The molecule has 1 heterocycles. The first kappa shape index (κ1) is 28.0. The first-order chi connectivity index (χ1) is 12.2. The van der Waals surface area contributed by atoms with Crippen molar-refractivity contribution in [2.45, 2.75) is 52.6 Å². The number of ether oxygens (including phenoxy) is 1. The maximum absolute atomic E-state index is 12.3. The Bertz CT molecular complexity index is 798. The molecule has 1 N–H and O–H groups in total. The van der Waals surface area contributed by atoms with Crippen molar-refractivity contribution in [3.8, 4) is 5.75 Å². The zero-order valence-electron chi connectivity index (χ0n) is 18.1. The summed E-state index contributed by atoms with van der Waals surface area (Å²) >= 11 is 0. The number of hydrogen-bond acceptors (Lipinski definition) is 5. The number of sulfonamides is 1. The monoisotopic (exact) mass is 484 g/mol. The maximum atomic E-state index is 12.3. The third kappa shape index (κ3) is 5.19. The molecule has 2 unspecified atom stereocenters. The standard InChI is InChI=1S/C17H25BNO3S.C2H5O2.Y/c1-10-9-11(2)14-15(12(10)3)22-16(5,6)13(4)17(14,18)19(7)23(8,20)21;1-2-4-3;/h13H,1-8H3;3H,1-2H2;/q2*-1;. The Hall–Kier alpha value is 0.0188.